The number of hydrogen-bond donors (Lipinski definition) is 2. The van der Waals surface area contributed by atoms with Gasteiger partial charge in [0.2, 0.25) is 0 Å². The Hall–Kier alpha value is -0.540. The second kappa shape index (κ2) is 6.26. The van der Waals surface area contributed by atoms with E-state index in [1.807, 2.05) is 6.20 Å². The fourth-order valence-electron chi connectivity index (χ4n) is 2.23. The molecule has 0 spiro atoms. The van der Waals surface area contributed by atoms with Crippen LogP contribution in [0.4, 0.5) is 0 Å². The number of hydrazine groups is 1. The maximum atomic E-state index is 5.67. The maximum Gasteiger partial charge on any atom is 0.113 e. The topological polar surface area (TPSA) is 33.3 Å². The van der Waals surface area contributed by atoms with Crippen LogP contribution in [-0.4, -0.2) is 13.3 Å². The van der Waals surface area contributed by atoms with Crippen LogP contribution >= 0.6 is 0 Å². The lowest BCUT2D eigenvalue weighted by atomic mass is 9.99. The molecule has 0 atom stereocenters. The van der Waals surface area contributed by atoms with E-state index < -0.39 is 0 Å². The van der Waals surface area contributed by atoms with Crippen molar-refractivity contribution in [3.63, 3.8) is 0 Å². The van der Waals surface area contributed by atoms with E-state index in [1.165, 1.54) is 25.7 Å². The smallest absolute Gasteiger partial charge is 0.113 e. The molecule has 2 aliphatic carbocycles. The molecule has 0 amide bonds. The van der Waals surface area contributed by atoms with Crippen LogP contribution in [-0.2, 0) is 4.74 Å². The first-order chi connectivity index (χ1) is 7.92. The van der Waals surface area contributed by atoms with Gasteiger partial charge < -0.3 is 10.2 Å². The second-order valence-corrected chi connectivity index (χ2v) is 4.99. The molecule has 2 aliphatic rings. The van der Waals surface area contributed by atoms with Crippen LogP contribution in [0, 0.1) is 17.8 Å². The normalized spacial score (nSPS) is 20.9. The molecule has 16 heavy (non-hydrogen) atoms. The van der Waals surface area contributed by atoms with Crippen LogP contribution in [0.15, 0.2) is 12.3 Å². The minimum Gasteiger partial charge on any atom is -0.364 e. The summed E-state index contributed by atoms with van der Waals surface area (Å²) in [5.41, 5.74) is 6.03. The van der Waals surface area contributed by atoms with Gasteiger partial charge in [0.05, 0.1) is 6.61 Å². The highest BCUT2D eigenvalue weighted by Gasteiger charge is 2.41. The molecule has 2 N–H and O–H groups in total. The molecule has 0 aromatic carbocycles. The Kier molecular flexibility index (Phi) is 4.67. The molecule has 2 fully saturated rings. The average Bonchev–Trinajstić information content (AvgIpc) is 3.16. The Bertz CT molecular complexity index is 210. The largest absolute Gasteiger partial charge is 0.364 e. The van der Waals surface area contributed by atoms with E-state index >= 15 is 0 Å². The Morgan fingerprint density at radius 2 is 1.94 bits per heavy atom. The van der Waals surface area contributed by atoms with Crippen molar-refractivity contribution in [3.05, 3.63) is 12.3 Å². The quantitative estimate of drug-likeness (QED) is 0.358. The first kappa shape index (κ1) is 11.9. The van der Waals surface area contributed by atoms with Crippen LogP contribution < -0.4 is 10.9 Å². The van der Waals surface area contributed by atoms with Gasteiger partial charge in [-0.05, 0) is 49.9 Å². The molecule has 92 valence electrons. The lowest BCUT2D eigenvalue weighted by molar-refractivity contribution is 0.0663. The third-order valence-corrected chi connectivity index (χ3v) is 3.48. The van der Waals surface area contributed by atoms with E-state index in [4.69, 9.17) is 4.74 Å². The van der Waals surface area contributed by atoms with Gasteiger partial charge in [0, 0.05) is 6.20 Å². The van der Waals surface area contributed by atoms with Crippen LogP contribution in [0.5, 0.6) is 0 Å². The van der Waals surface area contributed by atoms with Gasteiger partial charge in [-0.2, -0.15) is 0 Å². The van der Waals surface area contributed by atoms with Gasteiger partial charge in [-0.25, -0.2) is 5.43 Å². The summed E-state index contributed by atoms with van der Waals surface area (Å²) in [7, 11) is 0. The van der Waals surface area contributed by atoms with Crippen molar-refractivity contribution in [3.8, 4) is 0 Å². The van der Waals surface area contributed by atoms with Crippen LogP contribution in [0.3, 0.4) is 0 Å². The van der Waals surface area contributed by atoms with E-state index in [0.29, 0.717) is 6.73 Å². The van der Waals surface area contributed by atoms with Gasteiger partial charge in [0.15, 0.2) is 0 Å². The Morgan fingerprint density at radius 1 is 1.25 bits per heavy atom. The Labute approximate surface area is 98.6 Å². The van der Waals surface area contributed by atoms with Gasteiger partial charge >= 0.3 is 0 Å². The Morgan fingerprint density at radius 3 is 2.50 bits per heavy atom. The van der Waals surface area contributed by atoms with Gasteiger partial charge in [-0.1, -0.05) is 13.0 Å². The summed E-state index contributed by atoms with van der Waals surface area (Å²) in [6.07, 6.45) is 10.8. The molecule has 0 aromatic heterocycles. The number of ether oxygens (including phenoxy) is 1. The second-order valence-electron chi connectivity index (χ2n) is 4.99. The molecule has 3 nitrogen and oxygen atoms in total. The van der Waals surface area contributed by atoms with Gasteiger partial charge in [0.1, 0.15) is 6.73 Å². The number of rotatable bonds is 9. The molecule has 0 heterocycles. The van der Waals surface area contributed by atoms with Crippen molar-refractivity contribution in [1.82, 2.24) is 10.9 Å². The summed E-state index contributed by atoms with van der Waals surface area (Å²) in [4.78, 5) is 0. The number of hydrogen-bond acceptors (Lipinski definition) is 3. The lowest BCUT2D eigenvalue weighted by Gasteiger charge is -2.15. The van der Waals surface area contributed by atoms with Crippen molar-refractivity contribution in [2.24, 2.45) is 17.8 Å². The van der Waals surface area contributed by atoms with Crippen LogP contribution in [0.2, 0.25) is 0 Å². The molecule has 0 unspecified atom stereocenters. The van der Waals surface area contributed by atoms with Crippen LogP contribution in [0.25, 0.3) is 0 Å². The predicted molar refractivity (Wildman–Crippen MR) is 65.5 cm³/mol. The molecular weight excluding hydrogens is 200 g/mol. The first-order valence-electron chi connectivity index (χ1n) is 6.63. The molecule has 0 bridgehead atoms. The molecule has 0 aliphatic heterocycles. The van der Waals surface area contributed by atoms with E-state index in [0.717, 1.165) is 30.8 Å². The monoisotopic (exact) mass is 224 g/mol. The molecule has 2 rings (SSSR count). The maximum absolute atomic E-state index is 5.67. The van der Waals surface area contributed by atoms with E-state index in [2.05, 4.69) is 23.9 Å². The SMILES string of the molecule is CC/C=C\NNCOCC(C1CC1)C1CC1. The van der Waals surface area contributed by atoms with Crippen LogP contribution in [0.1, 0.15) is 39.0 Å². The fraction of sp³-hybridized carbons (Fsp3) is 0.846. The predicted octanol–water partition coefficient (Wildman–Crippen LogP) is 2.41. The zero-order valence-corrected chi connectivity index (χ0v) is 10.2. The zero-order valence-electron chi connectivity index (χ0n) is 10.2. The highest BCUT2D eigenvalue weighted by molar-refractivity contribution is 4.91. The Balaban J connectivity index is 1.48. The van der Waals surface area contributed by atoms with Gasteiger partial charge in [-0.3, -0.25) is 0 Å². The molecule has 0 saturated heterocycles. The van der Waals surface area contributed by atoms with Gasteiger partial charge in [0.25, 0.3) is 0 Å². The molecule has 2 saturated carbocycles. The van der Waals surface area contributed by atoms with Crippen molar-refractivity contribution in [1.29, 1.82) is 0 Å². The summed E-state index contributed by atoms with van der Waals surface area (Å²) in [5.74, 6) is 2.83. The highest BCUT2D eigenvalue weighted by atomic mass is 16.5. The van der Waals surface area contributed by atoms with E-state index in [1.54, 1.807) is 0 Å². The molecular formula is C13H24N2O. The minimum atomic E-state index is 0.601. The minimum absolute atomic E-state index is 0.601. The number of allylic oxidation sites excluding steroid dienone is 1. The van der Waals surface area contributed by atoms with Crippen molar-refractivity contribution in [2.45, 2.75) is 39.0 Å². The third-order valence-electron chi connectivity index (χ3n) is 3.48. The van der Waals surface area contributed by atoms with Crippen molar-refractivity contribution < 1.29 is 4.74 Å². The van der Waals surface area contributed by atoms with E-state index in [9.17, 15) is 0 Å². The zero-order chi connectivity index (χ0) is 11.2. The summed E-state index contributed by atoms with van der Waals surface area (Å²) in [6.45, 7) is 3.66. The third kappa shape index (κ3) is 4.14. The summed E-state index contributed by atoms with van der Waals surface area (Å²) in [6, 6.07) is 0. The molecule has 0 aromatic rings. The number of nitrogens with one attached hydrogen (secondary N) is 2. The van der Waals surface area contributed by atoms with Crippen molar-refractivity contribution >= 4 is 0 Å². The summed E-state index contributed by atoms with van der Waals surface area (Å²) >= 11 is 0. The fourth-order valence-corrected chi connectivity index (χ4v) is 2.23. The summed E-state index contributed by atoms with van der Waals surface area (Å²) in [5, 5.41) is 0. The standard InChI is InChI=1S/C13H24N2O/c1-2-3-8-14-15-10-16-9-13(11-4-5-11)12-6-7-12/h3,8,11-15H,2,4-7,9-10H2,1H3/b8-3-. The van der Waals surface area contributed by atoms with E-state index in [-0.39, 0.29) is 0 Å². The molecule has 3 heteroatoms. The van der Waals surface area contributed by atoms with Gasteiger partial charge in [-0.15, -0.1) is 0 Å². The average molecular weight is 224 g/mol. The summed E-state index contributed by atoms with van der Waals surface area (Å²) < 4.78 is 5.67. The lowest BCUT2D eigenvalue weighted by Crippen LogP contribution is -2.30. The van der Waals surface area contributed by atoms with Crippen molar-refractivity contribution in [2.75, 3.05) is 13.3 Å². The first-order valence-corrected chi connectivity index (χ1v) is 6.63. The molecule has 0 radical (unpaired) electrons. The highest BCUT2D eigenvalue weighted by Crippen LogP contribution is 2.49.